The first-order valence-electron chi connectivity index (χ1n) is 19.9. The van der Waals surface area contributed by atoms with Crippen LogP contribution in [-0.4, -0.2) is 4.98 Å². The highest BCUT2D eigenvalue weighted by molar-refractivity contribution is 6.22. The van der Waals surface area contributed by atoms with Crippen LogP contribution in [0, 0.1) is 0 Å². The van der Waals surface area contributed by atoms with E-state index < -0.39 is 0 Å². The molecule has 11 aromatic rings. The first kappa shape index (κ1) is 33.7. The van der Waals surface area contributed by atoms with E-state index in [4.69, 9.17) is 4.98 Å². The van der Waals surface area contributed by atoms with E-state index in [0.29, 0.717) is 0 Å². The fourth-order valence-electron chi connectivity index (χ4n) is 8.74. The van der Waals surface area contributed by atoms with Crippen LogP contribution in [0.1, 0.15) is 0 Å². The van der Waals surface area contributed by atoms with Crippen molar-refractivity contribution in [2.45, 2.75) is 0 Å². The molecule has 58 heavy (non-hydrogen) atoms. The Labute approximate surface area is 338 Å². The Balaban J connectivity index is 1.09. The van der Waals surface area contributed by atoms with Gasteiger partial charge in [-0.15, -0.1) is 0 Å². The van der Waals surface area contributed by atoms with E-state index in [0.717, 1.165) is 33.6 Å². The van der Waals surface area contributed by atoms with Gasteiger partial charge < -0.3 is 0 Å². The smallest absolute Gasteiger partial charge is 0.0715 e. The van der Waals surface area contributed by atoms with Gasteiger partial charge in [-0.3, -0.25) is 0 Å². The topological polar surface area (TPSA) is 12.9 Å². The lowest BCUT2D eigenvalue weighted by Gasteiger charge is -2.19. The number of rotatable bonds is 6. The molecule has 1 aromatic heterocycles. The summed E-state index contributed by atoms with van der Waals surface area (Å²) in [6.07, 6.45) is 0. The predicted octanol–water partition coefficient (Wildman–Crippen LogP) is 15.7. The summed E-state index contributed by atoms with van der Waals surface area (Å²) in [4.78, 5) is 5.11. The number of fused-ring (bicyclic) bond motifs is 4. The summed E-state index contributed by atoms with van der Waals surface area (Å²) in [6.45, 7) is 0. The van der Waals surface area contributed by atoms with E-state index in [1.165, 1.54) is 76.5 Å². The van der Waals surface area contributed by atoms with Gasteiger partial charge in [0.15, 0.2) is 0 Å². The van der Waals surface area contributed by atoms with Gasteiger partial charge in [-0.1, -0.05) is 194 Å². The Hall–Kier alpha value is -7.61. The van der Waals surface area contributed by atoms with Gasteiger partial charge in [0, 0.05) is 11.1 Å². The molecule has 0 radical (unpaired) electrons. The Kier molecular flexibility index (Phi) is 8.23. The zero-order valence-corrected chi connectivity index (χ0v) is 31.8. The highest BCUT2D eigenvalue weighted by Gasteiger charge is 2.18. The fraction of sp³-hybridized carbons (Fsp3) is 0. The van der Waals surface area contributed by atoms with Crippen LogP contribution in [0.25, 0.3) is 110 Å². The maximum absolute atomic E-state index is 5.11. The molecule has 1 nitrogen and oxygen atoms in total. The first-order chi connectivity index (χ1) is 28.7. The number of hydrogen-bond donors (Lipinski definition) is 0. The van der Waals surface area contributed by atoms with E-state index in [2.05, 4.69) is 224 Å². The molecular weight excluding hydrogens is 699 g/mol. The molecule has 0 aliphatic rings. The van der Waals surface area contributed by atoms with Crippen LogP contribution in [0.15, 0.2) is 224 Å². The summed E-state index contributed by atoms with van der Waals surface area (Å²) in [5.74, 6) is 0. The molecule has 0 saturated carbocycles. The van der Waals surface area contributed by atoms with Crippen LogP contribution in [0.4, 0.5) is 0 Å². The van der Waals surface area contributed by atoms with Crippen molar-refractivity contribution in [1.29, 1.82) is 0 Å². The number of benzene rings is 10. The van der Waals surface area contributed by atoms with Gasteiger partial charge in [0.25, 0.3) is 0 Å². The zero-order chi connectivity index (χ0) is 38.4. The number of nitrogens with zero attached hydrogens (tertiary/aromatic N) is 1. The summed E-state index contributed by atoms with van der Waals surface area (Å²) in [5, 5.41) is 9.98. The molecule has 1 heterocycles. The van der Waals surface area contributed by atoms with Crippen molar-refractivity contribution in [1.82, 2.24) is 4.98 Å². The van der Waals surface area contributed by atoms with Gasteiger partial charge in [0.2, 0.25) is 0 Å². The summed E-state index contributed by atoms with van der Waals surface area (Å²) in [5.41, 5.74) is 13.8. The molecule has 0 aliphatic heterocycles. The van der Waals surface area contributed by atoms with Crippen LogP contribution in [-0.2, 0) is 0 Å². The molecule has 270 valence electrons. The Bertz CT molecular complexity index is 3250. The molecule has 0 unspecified atom stereocenters. The summed E-state index contributed by atoms with van der Waals surface area (Å²) in [6, 6.07) is 81.5. The molecule has 10 aromatic carbocycles. The Morgan fingerprint density at radius 2 is 0.603 bits per heavy atom. The van der Waals surface area contributed by atoms with E-state index in [-0.39, 0.29) is 0 Å². The zero-order valence-electron chi connectivity index (χ0n) is 31.8. The molecule has 0 saturated heterocycles. The largest absolute Gasteiger partial charge is 0.248 e. The minimum Gasteiger partial charge on any atom is -0.248 e. The summed E-state index contributed by atoms with van der Waals surface area (Å²) in [7, 11) is 0. The van der Waals surface area contributed by atoms with Gasteiger partial charge in [0.05, 0.1) is 11.4 Å². The highest BCUT2D eigenvalue weighted by atomic mass is 14.7. The lowest BCUT2D eigenvalue weighted by Crippen LogP contribution is -1.92. The van der Waals surface area contributed by atoms with Crippen LogP contribution in [0.5, 0.6) is 0 Å². The van der Waals surface area contributed by atoms with E-state index >= 15 is 0 Å². The van der Waals surface area contributed by atoms with Crippen molar-refractivity contribution in [2.24, 2.45) is 0 Å². The van der Waals surface area contributed by atoms with Crippen molar-refractivity contribution in [2.75, 3.05) is 0 Å². The lowest BCUT2D eigenvalue weighted by molar-refractivity contribution is 1.32. The molecule has 0 bridgehead atoms. The third kappa shape index (κ3) is 6.02. The standard InChI is InChI=1S/C57H37N/c1-3-15-42(16-4-1)54-36-49(37-55(58-54)43-17-5-2-6-18-43)41-25-23-40(24-26-41)46-31-32-52-53(35-46)57(48-30-28-39-14-8-10-20-45(39)34-48)51-22-12-11-21-50(51)56(52)47-29-27-38-13-7-9-19-44(38)33-47/h1-37H. The second kappa shape index (κ2) is 14.2. The molecule has 0 N–H and O–H groups in total. The number of pyridine rings is 1. The molecule has 0 atom stereocenters. The molecule has 0 aliphatic carbocycles. The maximum atomic E-state index is 5.11. The van der Waals surface area contributed by atoms with Gasteiger partial charge >= 0.3 is 0 Å². The van der Waals surface area contributed by atoms with Gasteiger partial charge in [-0.05, 0) is 118 Å². The molecule has 1 heteroatoms. The van der Waals surface area contributed by atoms with Gasteiger partial charge in [-0.25, -0.2) is 4.98 Å². The quantitative estimate of drug-likeness (QED) is 0.155. The molecule has 0 fully saturated rings. The third-order valence-electron chi connectivity index (χ3n) is 11.6. The minimum absolute atomic E-state index is 0.964. The third-order valence-corrected chi connectivity index (χ3v) is 11.6. The van der Waals surface area contributed by atoms with Crippen molar-refractivity contribution in [3.05, 3.63) is 224 Å². The highest BCUT2D eigenvalue weighted by Crippen LogP contribution is 2.46. The van der Waals surface area contributed by atoms with Crippen LogP contribution in [0.2, 0.25) is 0 Å². The van der Waals surface area contributed by atoms with Crippen molar-refractivity contribution in [3.63, 3.8) is 0 Å². The van der Waals surface area contributed by atoms with E-state index in [1.807, 2.05) is 0 Å². The normalized spacial score (nSPS) is 11.4. The molecule has 0 spiro atoms. The fourth-order valence-corrected chi connectivity index (χ4v) is 8.74. The SMILES string of the molecule is c1ccc(-c2cc(-c3ccc(-c4ccc5c(-c6ccc7ccccc7c6)c6ccccc6c(-c6ccc7ccccc7c6)c5c4)cc3)cc(-c3ccccc3)n2)cc1. The first-order valence-corrected chi connectivity index (χ1v) is 19.9. The van der Waals surface area contributed by atoms with Gasteiger partial charge in [-0.2, -0.15) is 0 Å². The number of aromatic nitrogens is 1. The minimum atomic E-state index is 0.964. The molecule has 0 amide bonds. The van der Waals surface area contributed by atoms with E-state index in [1.54, 1.807) is 0 Å². The second-order valence-corrected chi connectivity index (χ2v) is 15.1. The average molecular weight is 736 g/mol. The molecule has 11 rings (SSSR count). The van der Waals surface area contributed by atoms with Crippen LogP contribution in [0.3, 0.4) is 0 Å². The predicted molar refractivity (Wildman–Crippen MR) is 247 cm³/mol. The van der Waals surface area contributed by atoms with Crippen molar-refractivity contribution < 1.29 is 0 Å². The summed E-state index contributed by atoms with van der Waals surface area (Å²) >= 11 is 0. The van der Waals surface area contributed by atoms with Crippen molar-refractivity contribution in [3.8, 4) is 67.0 Å². The van der Waals surface area contributed by atoms with Crippen molar-refractivity contribution >= 4 is 43.1 Å². The maximum Gasteiger partial charge on any atom is 0.0715 e. The molecular formula is C57H37N. The summed E-state index contributed by atoms with van der Waals surface area (Å²) < 4.78 is 0. The second-order valence-electron chi connectivity index (χ2n) is 15.1. The van der Waals surface area contributed by atoms with E-state index in [9.17, 15) is 0 Å². The Morgan fingerprint density at radius 1 is 0.207 bits per heavy atom. The van der Waals surface area contributed by atoms with Crippen LogP contribution >= 0.6 is 0 Å². The van der Waals surface area contributed by atoms with Gasteiger partial charge in [0.1, 0.15) is 0 Å². The lowest BCUT2D eigenvalue weighted by atomic mass is 9.84. The monoisotopic (exact) mass is 735 g/mol. The van der Waals surface area contributed by atoms with Crippen LogP contribution < -0.4 is 0 Å². The average Bonchev–Trinajstić information content (AvgIpc) is 3.30. The Morgan fingerprint density at radius 3 is 1.14 bits per heavy atom. The number of hydrogen-bond acceptors (Lipinski definition) is 1.